The Kier molecular flexibility index (Phi) is 8.91. The van der Waals surface area contributed by atoms with Crippen molar-refractivity contribution in [3.63, 3.8) is 0 Å². The molecule has 4 aromatic rings. The van der Waals surface area contributed by atoms with E-state index in [4.69, 9.17) is 18.9 Å². The quantitative estimate of drug-likeness (QED) is 0.195. The Morgan fingerprint density at radius 2 is 1.71 bits per heavy atom. The van der Waals surface area contributed by atoms with E-state index in [2.05, 4.69) is 45.4 Å². The van der Waals surface area contributed by atoms with Gasteiger partial charge in [0.25, 0.3) is 17.4 Å². The third-order valence-electron chi connectivity index (χ3n) is 7.59. The number of aliphatic imine (C=N–C) groups is 1. The molecule has 12 nitrogen and oxygen atoms in total. The van der Waals surface area contributed by atoms with E-state index < -0.39 is 14.2 Å². The average molecular weight is 628 g/mol. The number of fused-ring (bicyclic) bond motifs is 1. The molecular formula is C32H37N7O5Si. The zero-order valence-corrected chi connectivity index (χ0v) is 26.7. The van der Waals surface area contributed by atoms with Crippen LogP contribution < -0.4 is 21.1 Å². The summed E-state index contributed by atoms with van der Waals surface area (Å²) in [6, 6.07) is 21.4. The highest BCUT2D eigenvalue weighted by Gasteiger charge is 2.28. The zero-order chi connectivity index (χ0) is 31.4. The number of hydrogen-bond acceptors (Lipinski definition) is 10. The molecule has 2 aliphatic rings. The van der Waals surface area contributed by atoms with Crippen LogP contribution in [0, 0.1) is 0 Å². The lowest BCUT2D eigenvalue weighted by atomic mass is 10.0. The van der Waals surface area contributed by atoms with Crippen LogP contribution in [0.4, 0.5) is 17.5 Å². The summed E-state index contributed by atoms with van der Waals surface area (Å²) in [7, 11) is -1.30. The Labute approximate surface area is 262 Å². The van der Waals surface area contributed by atoms with Crippen molar-refractivity contribution in [2.24, 2.45) is 4.99 Å². The second-order valence-electron chi connectivity index (χ2n) is 12.1. The lowest BCUT2D eigenvalue weighted by Gasteiger charge is -2.32. The van der Waals surface area contributed by atoms with Crippen molar-refractivity contribution in [3.05, 3.63) is 88.2 Å². The molecule has 13 heteroatoms. The van der Waals surface area contributed by atoms with Gasteiger partial charge in [0.05, 0.1) is 30.2 Å². The van der Waals surface area contributed by atoms with Crippen LogP contribution in [0.3, 0.4) is 0 Å². The van der Waals surface area contributed by atoms with Gasteiger partial charge in [-0.3, -0.25) is 14.2 Å². The molecule has 2 aromatic carbocycles. The fourth-order valence-electron chi connectivity index (χ4n) is 5.20. The van der Waals surface area contributed by atoms with Gasteiger partial charge < -0.3 is 29.4 Å². The number of benzene rings is 2. The van der Waals surface area contributed by atoms with E-state index in [-0.39, 0.29) is 30.1 Å². The Hall–Kier alpha value is -4.59. The van der Waals surface area contributed by atoms with Gasteiger partial charge in [-0.05, 0) is 18.2 Å². The number of hydrogen-bond donors (Lipinski definition) is 2. The minimum atomic E-state index is -1.30. The average Bonchev–Trinajstić information content (AvgIpc) is 3.45. The molecule has 0 spiro atoms. The van der Waals surface area contributed by atoms with Gasteiger partial charge in [0.1, 0.15) is 12.5 Å². The number of carbonyl (C=O) groups is 1. The second kappa shape index (κ2) is 13.2. The van der Waals surface area contributed by atoms with Gasteiger partial charge in [0, 0.05) is 45.0 Å². The Bertz CT molecular complexity index is 1740. The second-order valence-corrected chi connectivity index (χ2v) is 17.7. The van der Waals surface area contributed by atoms with E-state index in [0.717, 1.165) is 17.2 Å². The van der Waals surface area contributed by atoms with Crippen molar-refractivity contribution in [2.75, 3.05) is 48.4 Å². The maximum absolute atomic E-state index is 13.3. The maximum atomic E-state index is 13.3. The van der Waals surface area contributed by atoms with Crippen LogP contribution in [0.15, 0.2) is 80.9 Å². The van der Waals surface area contributed by atoms with Gasteiger partial charge in [0.2, 0.25) is 6.17 Å². The van der Waals surface area contributed by atoms with Crippen molar-refractivity contribution in [1.29, 1.82) is 0 Å². The van der Waals surface area contributed by atoms with Gasteiger partial charge in [-0.15, -0.1) is 5.10 Å². The minimum Gasteiger partial charge on any atom is -0.403 e. The number of benzodiazepines with no additional fused rings is 1. The van der Waals surface area contributed by atoms with E-state index in [1.807, 2.05) is 54.6 Å². The molecule has 6 rings (SSSR count). The van der Waals surface area contributed by atoms with E-state index in [1.54, 1.807) is 10.6 Å². The third-order valence-corrected chi connectivity index (χ3v) is 9.30. The number of ether oxygens (including phenoxy) is 2. The molecule has 4 heterocycles. The standard InChI is InChI=1S/C32H37N7O5Si/c1-45(2,3)20-19-43-21-39-26(40)14-13-24(31(39)38-15-17-42-18-16-38)30-36-37-32(44-30)35-28-29(41)33-25-12-8-7-11-23(25)27(34-28)22-9-5-4-6-10-22/h4-14,28H,15-21H2,1-3H3,(H,33,41)(H,35,37). The molecule has 1 fully saturated rings. The van der Waals surface area contributed by atoms with Crippen molar-refractivity contribution in [2.45, 2.75) is 38.6 Å². The minimum absolute atomic E-state index is 0.0179. The summed E-state index contributed by atoms with van der Waals surface area (Å²) >= 11 is 0. The monoisotopic (exact) mass is 627 g/mol. The number of morpholine rings is 1. The van der Waals surface area contributed by atoms with E-state index in [9.17, 15) is 9.59 Å². The van der Waals surface area contributed by atoms with E-state index in [1.165, 1.54) is 6.07 Å². The largest absolute Gasteiger partial charge is 0.403 e. The SMILES string of the molecule is C[Si](C)(C)CCOCn1c(N2CCOCC2)c(-c2nnc(NC3N=C(c4ccccc4)c4ccccc4NC3=O)o2)ccc1=O. The highest BCUT2D eigenvalue weighted by molar-refractivity contribution is 6.76. The summed E-state index contributed by atoms with van der Waals surface area (Å²) in [5, 5.41) is 14.5. The van der Waals surface area contributed by atoms with Crippen molar-refractivity contribution in [1.82, 2.24) is 14.8 Å². The highest BCUT2D eigenvalue weighted by Crippen LogP contribution is 2.31. The first-order valence-corrected chi connectivity index (χ1v) is 18.8. The fraction of sp³-hybridized carbons (Fsp3) is 0.344. The van der Waals surface area contributed by atoms with Crippen molar-refractivity contribution in [3.8, 4) is 11.5 Å². The molecule has 0 aliphatic carbocycles. The summed E-state index contributed by atoms with van der Waals surface area (Å²) in [5.41, 5.74) is 3.37. The number of carbonyl (C=O) groups excluding carboxylic acids is 1. The summed E-state index contributed by atoms with van der Waals surface area (Å²) in [6.07, 6.45) is -1.05. The smallest absolute Gasteiger partial charge is 0.317 e. The molecule has 0 radical (unpaired) electrons. The van der Waals surface area contributed by atoms with Crippen LogP contribution in [-0.4, -0.2) is 73.5 Å². The van der Waals surface area contributed by atoms with Crippen LogP contribution in [0.5, 0.6) is 0 Å². The highest BCUT2D eigenvalue weighted by atomic mass is 28.3. The molecule has 1 saturated heterocycles. The molecule has 1 unspecified atom stereocenters. The van der Waals surface area contributed by atoms with Gasteiger partial charge >= 0.3 is 6.01 Å². The number of pyridine rings is 1. The Morgan fingerprint density at radius 1 is 0.956 bits per heavy atom. The fourth-order valence-corrected chi connectivity index (χ4v) is 5.96. The number of nitrogens with one attached hydrogen (secondary N) is 2. The molecule has 45 heavy (non-hydrogen) atoms. The zero-order valence-electron chi connectivity index (χ0n) is 25.7. The van der Waals surface area contributed by atoms with Gasteiger partial charge in [-0.1, -0.05) is 73.3 Å². The normalized spacial score (nSPS) is 16.9. The van der Waals surface area contributed by atoms with Crippen molar-refractivity contribution < 1.29 is 18.7 Å². The predicted octanol–water partition coefficient (Wildman–Crippen LogP) is 4.27. The lowest BCUT2D eigenvalue weighted by Crippen LogP contribution is -2.40. The number of rotatable bonds is 10. The summed E-state index contributed by atoms with van der Waals surface area (Å²) in [6.45, 7) is 9.76. The van der Waals surface area contributed by atoms with Crippen LogP contribution in [-0.2, 0) is 21.0 Å². The summed E-state index contributed by atoms with van der Waals surface area (Å²) in [4.78, 5) is 33.3. The van der Waals surface area contributed by atoms with Crippen LogP contribution in [0.2, 0.25) is 25.7 Å². The molecule has 0 bridgehead atoms. The maximum Gasteiger partial charge on any atom is 0.317 e. The van der Waals surface area contributed by atoms with Gasteiger partial charge in [-0.25, -0.2) is 4.99 Å². The number of nitrogens with zero attached hydrogens (tertiary/aromatic N) is 5. The van der Waals surface area contributed by atoms with Crippen molar-refractivity contribution >= 4 is 37.2 Å². The number of amides is 1. The van der Waals surface area contributed by atoms with Crippen LogP contribution in [0.25, 0.3) is 11.5 Å². The molecule has 1 atom stereocenters. The topological polar surface area (TPSA) is 136 Å². The molecule has 234 valence electrons. The molecule has 0 saturated carbocycles. The Morgan fingerprint density at radius 3 is 2.49 bits per heavy atom. The summed E-state index contributed by atoms with van der Waals surface area (Å²) in [5.74, 6) is 0.451. The van der Waals surface area contributed by atoms with Gasteiger partial charge in [-0.2, -0.15) is 0 Å². The molecular weight excluding hydrogens is 590 g/mol. The van der Waals surface area contributed by atoms with Crippen LogP contribution >= 0.6 is 0 Å². The number of aromatic nitrogens is 3. The Balaban J connectivity index is 1.31. The number of para-hydroxylation sites is 1. The lowest BCUT2D eigenvalue weighted by molar-refractivity contribution is -0.116. The van der Waals surface area contributed by atoms with E-state index >= 15 is 0 Å². The molecule has 2 aliphatic heterocycles. The molecule has 2 N–H and O–H groups in total. The first kappa shape index (κ1) is 30.4. The molecule has 2 aromatic heterocycles. The van der Waals surface area contributed by atoms with Crippen LogP contribution in [0.1, 0.15) is 11.1 Å². The third kappa shape index (κ3) is 7.06. The first-order valence-electron chi connectivity index (χ1n) is 15.0. The summed E-state index contributed by atoms with van der Waals surface area (Å²) < 4.78 is 19.3. The molecule has 1 amide bonds. The predicted molar refractivity (Wildman–Crippen MR) is 176 cm³/mol. The number of anilines is 3. The van der Waals surface area contributed by atoms with Gasteiger partial charge in [0.15, 0.2) is 0 Å². The first-order chi connectivity index (χ1) is 21.8. The van der Waals surface area contributed by atoms with E-state index in [0.29, 0.717) is 55.7 Å².